The van der Waals surface area contributed by atoms with Gasteiger partial charge in [0.05, 0.1) is 22.6 Å². The van der Waals surface area contributed by atoms with Crippen molar-refractivity contribution in [1.29, 1.82) is 0 Å². The van der Waals surface area contributed by atoms with Gasteiger partial charge in [0.25, 0.3) is 0 Å². The third-order valence-electron chi connectivity index (χ3n) is 9.27. The molecule has 0 saturated heterocycles. The van der Waals surface area contributed by atoms with E-state index in [-0.39, 0.29) is 0 Å². The summed E-state index contributed by atoms with van der Waals surface area (Å²) in [5.74, 6) is 0.615. The summed E-state index contributed by atoms with van der Waals surface area (Å²) in [6, 6.07) is 66.3. The van der Waals surface area contributed by atoms with E-state index >= 15 is 0 Å². The molecule has 3 heteroatoms. The van der Waals surface area contributed by atoms with Gasteiger partial charge in [0.15, 0.2) is 0 Å². The van der Waals surface area contributed by atoms with Crippen LogP contribution in [0.25, 0.3) is 66.0 Å². The number of fused-ring (bicyclic) bond motifs is 3. The first-order chi connectivity index (χ1) is 24.3. The first-order valence-corrected chi connectivity index (χ1v) is 16.6. The highest BCUT2D eigenvalue weighted by Gasteiger charge is 2.24. The summed E-state index contributed by atoms with van der Waals surface area (Å²) in [7, 11) is 0. The second kappa shape index (κ2) is 12.2. The molecule has 0 saturated carbocycles. The Morgan fingerprint density at radius 1 is 0.347 bits per heavy atom. The third-order valence-corrected chi connectivity index (χ3v) is 9.27. The van der Waals surface area contributed by atoms with E-state index in [1.165, 1.54) is 16.3 Å². The van der Waals surface area contributed by atoms with E-state index < -0.39 is 0 Å². The molecule has 0 atom stereocenters. The maximum Gasteiger partial charge on any atom is 0.235 e. The lowest BCUT2D eigenvalue weighted by molar-refractivity contribution is 1.12. The van der Waals surface area contributed by atoms with Crippen LogP contribution in [-0.2, 0) is 0 Å². The van der Waals surface area contributed by atoms with Crippen LogP contribution in [0, 0.1) is 0 Å². The number of hydrogen-bond donors (Lipinski definition) is 0. The largest absolute Gasteiger partial charge is 0.278 e. The molecule has 0 aliphatic carbocycles. The second-order valence-corrected chi connectivity index (χ2v) is 12.2. The Morgan fingerprint density at radius 2 is 0.939 bits per heavy atom. The van der Waals surface area contributed by atoms with E-state index in [2.05, 4.69) is 181 Å². The van der Waals surface area contributed by atoms with Crippen LogP contribution in [0.15, 0.2) is 188 Å². The van der Waals surface area contributed by atoms with Gasteiger partial charge < -0.3 is 0 Å². The van der Waals surface area contributed by atoms with E-state index in [1.807, 2.05) is 12.1 Å². The van der Waals surface area contributed by atoms with Crippen LogP contribution < -0.4 is 4.90 Å². The summed E-state index contributed by atoms with van der Waals surface area (Å²) < 4.78 is 0. The van der Waals surface area contributed by atoms with Gasteiger partial charge in [-0.3, -0.25) is 4.90 Å². The molecule has 9 rings (SSSR count). The molecule has 49 heavy (non-hydrogen) atoms. The molecule has 0 fully saturated rings. The van der Waals surface area contributed by atoms with Crippen molar-refractivity contribution in [3.8, 4) is 33.5 Å². The lowest BCUT2D eigenvalue weighted by atomic mass is 9.93. The molecule has 3 nitrogen and oxygen atoms in total. The van der Waals surface area contributed by atoms with Gasteiger partial charge in [-0.25, -0.2) is 9.97 Å². The maximum absolute atomic E-state index is 5.40. The summed E-state index contributed by atoms with van der Waals surface area (Å²) in [4.78, 5) is 12.9. The van der Waals surface area contributed by atoms with Crippen molar-refractivity contribution < 1.29 is 0 Å². The van der Waals surface area contributed by atoms with Gasteiger partial charge >= 0.3 is 0 Å². The Bertz CT molecular complexity index is 2600. The summed E-state index contributed by atoms with van der Waals surface area (Å²) in [5, 5.41) is 5.75. The van der Waals surface area contributed by atoms with Crippen LogP contribution in [-0.4, -0.2) is 9.97 Å². The maximum atomic E-state index is 5.40. The molecule has 0 spiro atoms. The molecule has 0 radical (unpaired) electrons. The summed E-state index contributed by atoms with van der Waals surface area (Å²) in [5.41, 5.74) is 9.43. The zero-order valence-corrected chi connectivity index (χ0v) is 26.7. The van der Waals surface area contributed by atoms with E-state index in [9.17, 15) is 0 Å². The SMILES string of the molecule is c1ccc(-c2cc(-c3cccc4ccccc34)ccc2N(c2nc(-c3ccccc3)c3ccccc3n2)c2cccc3ccccc23)cc1. The number of para-hydroxylation sites is 1. The van der Waals surface area contributed by atoms with Crippen molar-refractivity contribution in [3.05, 3.63) is 188 Å². The molecule has 0 amide bonds. The molecular formula is C46H31N3. The number of nitrogens with zero attached hydrogens (tertiary/aromatic N) is 3. The minimum Gasteiger partial charge on any atom is -0.278 e. The molecule has 1 aromatic heterocycles. The molecule has 9 aromatic rings. The lowest BCUT2D eigenvalue weighted by Crippen LogP contribution is -2.15. The molecule has 1 heterocycles. The first kappa shape index (κ1) is 28.6. The second-order valence-electron chi connectivity index (χ2n) is 12.2. The minimum absolute atomic E-state index is 0.615. The zero-order chi connectivity index (χ0) is 32.6. The Kier molecular flexibility index (Phi) is 7.14. The smallest absolute Gasteiger partial charge is 0.235 e. The van der Waals surface area contributed by atoms with E-state index in [1.54, 1.807) is 0 Å². The predicted octanol–water partition coefficient (Wildman–Crippen LogP) is 12.4. The van der Waals surface area contributed by atoms with Crippen molar-refractivity contribution in [2.45, 2.75) is 0 Å². The van der Waals surface area contributed by atoms with Crippen molar-refractivity contribution in [2.75, 3.05) is 4.90 Å². The molecule has 230 valence electrons. The average Bonchev–Trinajstić information content (AvgIpc) is 3.18. The number of hydrogen-bond acceptors (Lipinski definition) is 3. The van der Waals surface area contributed by atoms with Crippen LogP contribution in [0.3, 0.4) is 0 Å². The van der Waals surface area contributed by atoms with Gasteiger partial charge in [-0.15, -0.1) is 0 Å². The predicted molar refractivity (Wildman–Crippen MR) is 206 cm³/mol. The lowest BCUT2D eigenvalue weighted by Gasteiger charge is -2.28. The van der Waals surface area contributed by atoms with Crippen LogP contribution in [0.5, 0.6) is 0 Å². The number of benzene rings is 8. The molecule has 0 N–H and O–H groups in total. The highest BCUT2D eigenvalue weighted by molar-refractivity contribution is 6.03. The molecule has 0 unspecified atom stereocenters. The van der Waals surface area contributed by atoms with E-state index in [0.29, 0.717) is 5.95 Å². The quantitative estimate of drug-likeness (QED) is 0.184. The molecule has 8 aromatic carbocycles. The standard InChI is InChI=1S/C46H31N3/c1-3-15-34(16-4-1)41-31-36(38-26-13-21-32-17-7-9-23-37(32)38)29-30-44(41)49(43-28-14-22-33-18-8-10-24-39(33)43)46-47-42-27-12-11-25-40(42)45(48-46)35-19-5-2-6-20-35/h1-31H. The van der Waals surface area contributed by atoms with Gasteiger partial charge in [0.1, 0.15) is 0 Å². The van der Waals surface area contributed by atoms with Crippen molar-refractivity contribution in [2.24, 2.45) is 0 Å². The Balaban J connectivity index is 1.36. The number of anilines is 3. The zero-order valence-electron chi connectivity index (χ0n) is 26.7. The Hall–Kier alpha value is -6.58. The van der Waals surface area contributed by atoms with Gasteiger partial charge in [0.2, 0.25) is 5.95 Å². The van der Waals surface area contributed by atoms with Crippen LogP contribution in [0.1, 0.15) is 0 Å². The van der Waals surface area contributed by atoms with Crippen LogP contribution >= 0.6 is 0 Å². The highest BCUT2D eigenvalue weighted by atomic mass is 15.3. The fourth-order valence-corrected chi connectivity index (χ4v) is 6.95. The van der Waals surface area contributed by atoms with Gasteiger partial charge in [0, 0.05) is 21.9 Å². The number of aromatic nitrogens is 2. The minimum atomic E-state index is 0.615. The Labute approximate surface area is 285 Å². The number of rotatable bonds is 6. The highest BCUT2D eigenvalue weighted by Crippen LogP contribution is 2.45. The summed E-state index contributed by atoms with van der Waals surface area (Å²) in [6.45, 7) is 0. The van der Waals surface area contributed by atoms with E-state index in [4.69, 9.17) is 9.97 Å². The van der Waals surface area contributed by atoms with Gasteiger partial charge in [-0.2, -0.15) is 0 Å². The Morgan fingerprint density at radius 3 is 1.71 bits per heavy atom. The summed E-state index contributed by atoms with van der Waals surface area (Å²) >= 11 is 0. The van der Waals surface area contributed by atoms with Gasteiger partial charge in [-0.05, 0) is 57.1 Å². The van der Waals surface area contributed by atoms with Crippen LogP contribution in [0.2, 0.25) is 0 Å². The van der Waals surface area contributed by atoms with Crippen LogP contribution in [0.4, 0.5) is 17.3 Å². The van der Waals surface area contributed by atoms with Crippen molar-refractivity contribution in [1.82, 2.24) is 9.97 Å². The third kappa shape index (κ3) is 5.18. The normalized spacial score (nSPS) is 11.3. The molecule has 0 aliphatic rings. The molecular weight excluding hydrogens is 595 g/mol. The van der Waals surface area contributed by atoms with E-state index in [0.717, 1.165) is 61.0 Å². The summed E-state index contributed by atoms with van der Waals surface area (Å²) in [6.07, 6.45) is 0. The fourth-order valence-electron chi connectivity index (χ4n) is 6.95. The molecule has 0 bridgehead atoms. The monoisotopic (exact) mass is 625 g/mol. The van der Waals surface area contributed by atoms with Crippen molar-refractivity contribution in [3.63, 3.8) is 0 Å². The first-order valence-electron chi connectivity index (χ1n) is 16.6. The fraction of sp³-hybridized carbons (Fsp3) is 0. The average molecular weight is 626 g/mol. The molecule has 0 aliphatic heterocycles. The topological polar surface area (TPSA) is 29.0 Å². The van der Waals surface area contributed by atoms with Gasteiger partial charge in [-0.1, -0.05) is 164 Å². The van der Waals surface area contributed by atoms with Crippen molar-refractivity contribution >= 4 is 49.8 Å².